The predicted molar refractivity (Wildman–Crippen MR) is 80.9 cm³/mol. The minimum Gasteiger partial charge on any atom is -0.495 e. The van der Waals surface area contributed by atoms with Crippen LogP contribution in [-0.4, -0.2) is 18.9 Å². The molecule has 0 radical (unpaired) electrons. The number of nitrogens with zero attached hydrogens (tertiary/aromatic N) is 1. The molecule has 0 aliphatic carbocycles. The lowest BCUT2D eigenvalue weighted by molar-refractivity contribution is -0.126. The number of methoxy groups -OCH3 is 1. The second-order valence-electron chi connectivity index (χ2n) is 5.99. The molecule has 1 aliphatic rings. The van der Waals surface area contributed by atoms with E-state index in [1.54, 1.807) is 12.1 Å². The molecule has 1 saturated heterocycles. The summed E-state index contributed by atoms with van der Waals surface area (Å²) in [5.41, 5.74) is 6.34. The molecule has 1 aliphatic heterocycles. The Morgan fingerprint density at radius 2 is 2.05 bits per heavy atom. The van der Waals surface area contributed by atoms with Crippen molar-refractivity contribution in [2.75, 3.05) is 12.0 Å². The number of carbonyl (C=O) groups excluding carboxylic acids is 2. The molecule has 0 spiro atoms. The molecule has 0 bridgehead atoms. The summed E-state index contributed by atoms with van der Waals surface area (Å²) < 4.78 is 5.32. The molecule has 2 N–H and O–H groups in total. The summed E-state index contributed by atoms with van der Waals surface area (Å²) in [4.78, 5) is 26.3. The van der Waals surface area contributed by atoms with Crippen LogP contribution in [0.25, 0.3) is 0 Å². The number of nitrogens with two attached hydrogens (primary N) is 1. The van der Waals surface area contributed by atoms with E-state index in [-0.39, 0.29) is 24.2 Å². The Balaban J connectivity index is 2.47. The molecular formula is C16H22N2O3. The molecular weight excluding hydrogens is 268 g/mol. The quantitative estimate of drug-likeness (QED) is 0.862. The van der Waals surface area contributed by atoms with E-state index in [9.17, 15) is 9.59 Å². The maximum absolute atomic E-state index is 12.7. The molecule has 1 atom stereocenters. The second kappa shape index (κ2) is 5.48. The van der Waals surface area contributed by atoms with Gasteiger partial charge in [-0.15, -0.1) is 0 Å². The van der Waals surface area contributed by atoms with Gasteiger partial charge in [-0.05, 0) is 30.5 Å². The number of benzene rings is 1. The first kappa shape index (κ1) is 15.5. The number of imide groups is 1. The van der Waals surface area contributed by atoms with Crippen LogP contribution in [0, 0.1) is 11.3 Å². The highest BCUT2D eigenvalue weighted by Gasteiger charge is 2.51. The van der Waals surface area contributed by atoms with Crippen LogP contribution >= 0.6 is 0 Å². The molecule has 114 valence electrons. The maximum Gasteiger partial charge on any atom is 0.240 e. The third-order valence-electron chi connectivity index (χ3n) is 4.45. The summed E-state index contributed by atoms with van der Waals surface area (Å²) in [6.45, 7) is 6.15. The lowest BCUT2D eigenvalue weighted by Crippen LogP contribution is -2.37. The van der Waals surface area contributed by atoms with Gasteiger partial charge < -0.3 is 10.5 Å². The molecule has 2 amide bonds. The lowest BCUT2D eigenvalue weighted by Gasteiger charge is -2.26. The molecule has 0 saturated carbocycles. The van der Waals surface area contributed by atoms with Crippen LogP contribution in [0.15, 0.2) is 18.2 Å². The number of rotatable bonds is 4. The highest BCUT2D eigenvalue weighted by atomic mass is 16.5. The zero-order chi connectivity index (χ0) is 15.8. The van der Waals surface area contributed by atoms with Crippen LogP contribution in [0.2, 0.25) is 0 Å². The van der Waals surface area contributed by atoms with Crippen LogP contribution in [0.3, 0.4) is 0 Å². The van der Waals surface area contributed by atoms with Gasteiger partial charge in [-0.1, -0.05) is 19.9 Å². The van der Waals surface area contributed by atoms with E-state index < -0.39 is 5.41 Å². The average molecular weight is 290 g/mol. The zero-order valence-corrected chi connectivity index (χ0v) is 13.0. The van der Waals surface area contributed by atoms with Crippen LogP contribution in [0.4, 0.5) is 5.69 Å². The number of carbonyl (C=O) groups is 2. The van der Waals surface area contributed by atoms with Crippen molar-refractivity contribution in [2.45, 2.75) is 33.7 Å². The first-order valence-corrected chi connectivity index (χ1v) is 7.09. The van der Waals surface area contributed by atoms with E-state index in [0.29, 0.717) is 18.0 Å². The van der Waals surface area contributed by atoms with Gasteiger partial charge >= 0.3 is 0 Å². The summed E-state index contributed by atoms with van der Waals surface area (Å²) in [6, 6.07) is 5.30. The SMILES string of the molecule is COc1cc(CN)ccc1N1C(=O)CC(C)(C(C)C)C1=O. The van der Waals surface area contributed by atoms with Gasteiger partial charge in [-0.2, -0.15) is 0 Å². The first-order chi connectivity index (χ1) is 9.85. The average Bonchev–Trinajstić information content (AvgIpc) is 2.69. The first-order valence-electron chi connectivity index (χ1n) is 7.09. The van der Waals surface area contributed by atoms with Gasteiger partial charge in [0.1, 0.15) is 5.75 Å². The van der Waals surface area contributed by atoms with E-state index in [1.165, 1.54) is 12.0 Å². The van der Waals surface area contributed by atoms with E-state index >= 15 is 0 Å². The van der Waals surface area contributed by atoms with Crippen molar-refractivity contribution in [1.29, 1.82) is 0 Å². The van der Waals surface area contributed by atoms with E-state index in [2.05, 4.69) is 0 Å². The highest BCUT2D eigenvalue weighted by molar-refractivity contribution is 6.23. The van der Waals surface area contributed by atoms with Crippen molar-refractivity contribution >= 4 is 17.5 Å². The summed E-state index contributed by atoms with van der Waals surface area (Å²) in [5, 5.41) is 0. The van der Waals surface area contributed by atoms with Gasteiger partial charge in [-0.25, -0.2) is 4.90 Å². The Labute approximate surface area is 125 Å². The van der Waals surface area contributed by atoms with Crippen molar-refractivity contribution in [3.05, 3.63) is 23.8 Å². The van der Waals surface area contributed by atoms with E-state index in [0.717, 1.165) is 5.56 Å². The fourth-order valence-corrected chi connectivity index (χ4v) is 2.57. The van der Waals surface area contributed by atoms with Crippen LogP contribution in [-0.2, 0) is 16.1 Å². The molecule has 1 aromatic rings. The van der Waals surface area contributed by atoms with Gasteiger partial charge in [0.15, 0.2) is 0 Å². The third kappa shape index (κ3) is 2.42. The van der Waals surface area contributed by atoms with Gasteiger partial charge in [0.2, 0.25) is 11.8 Å². The van der Waals surface area contributed by atoms with Gasteiger partial charge in [-0.3, -0.25) is 9.59 Å². The fraction of sp³-hybridized carbons (Fsp3) is 0.500. The number of hydrogen-bond donors (Lipinski definition) is 1. The van der Waals surface area contributed by atoms with Crippen molar-refractivity contribution in [3.63, 3.8) is 0 Å². The maximum atomic E-state index is 12.7. The number of amides is 2. The van der Waals surface area contributed by atoms with E-state index in [1.807, 2.05) is 26.8 Å². The topological polar surface area (TPSA) is 72.6 Å². The minimum absolute atomic E-state index is 0.0910. The highest BCUT2D eigenvalue weighted by Crippen LogP contribution is 2.43. The van der Waals surface area contributed by atoms with Gasteiger partial charge in [0.05, 0.1) is 18.2 Å². The Morgan fingerprint density at radius 3 is 2.52 bits per heavy atom. The second-order valence-corrected chi connectivity index (χ2v) is 5.99. The molecule has 2 rings (SSSR count). The van der Waals surface area contributed by atoms with Crippen molar-refractivity contribution in [1.82, 2.24) is 0 Å². The predicted octanol–water partition coefficient (Wildman–Crippen LogP) is 2.08. The lowest BCUT2D eigenvalue weighted by atomic mass is 9.78. The molecule has 1 heterocycles. The van der Waals surface area contributed by atoms with Crippen LogP contribution < -0.4 is 15.4 Å². The Kier molecular flexibility index (Phi) is 4.05. The van der Waals surface area contributed by atoms with Crippen LogP contribution in [0.5, 0.6) is 5.75 Å². The molecule has 1 fully saturated rings. The Morgan fingerprint density at radius 1 is 1.38 bits per heavy atom. The number of anilines is 1. The standard InChI is InChI=1S/C16H22N2O3/c1-10(2)16(3)8-14(19)18(15(16)20)12-6-5-11(9-17)7-13(12)21-4/h5-7,10H,8-9,17H2,1-4H3. The molecule has 0 aromatic heterocycles. The Bertz CT molecular complexity index is 583. The normalized spacial score (nSPS) is 22.3. The minimum atomic E-state index is -0.658. The fourth-order valence-electron chi connectivity index (χ4n) is 2.57. The molecule has 21 heavy (non-hydrogen) atoms. The Hall–Kier alpha value is -1.88. The summed E-state index contributed by atoms with van der Waals surface area (Å²) >= 11 is 0. The van der Waals surface area contributed by atoms with Crippen molar-refractivity contribution < 1.29 is 14.3 Å². The van der Waals surface area contributed by atoms with Gasteiger partial charge in [0, 0.05) is 13.0 Å². The van der Waals surface area contributed by atoms with Crippen molar-refractivity contribution in [2.24, 2.45) is 17.1 Å². The zero-order valence-electron chi connectivity index (χ0n) is 13.0. The smallest absolute Gasteiger partial charge is 0.240 e. The summed E-state index contributed by atoms with van der Waals surface area (Å²) in [6.07, 6.45) is 0.227. The third-order valence-corrected chi connectivity index (χ3v) is 4.45. The molecule has 5 nitrogen and oxygen atoms in total. The largest absolute Gasteiger partial charge is 0.495 e. The summed E-state index contributed by atoms with van der Waals surface area (Å²) in [7, 11) is 1.52. The van der Waals surface area contributed by atoms with Gasteiger partial charge in [0.25, 0.3) is 0 Å². The number of ether oxygens (including phenoxy) is 1. The van der Waals surface area contributed by atoms with Crippen molar-refractivity contribution in [3.8, 4) is 5.75 Å². The van der Waals surface area contributed by atoms with Crippen LogP contribution in [0.1, 0.15) is 32.8 Å². The summed E-state index contributed by atoms with van der Waals surface area (Å²) in [5.74, 6) is 0.234. The number of hydrogen-bond acceptors (Lipinski definition) is 4. The molecule has 5 heteroatoms. The monoisotopic (exact) mass is 290 g/mol. The molecule has 1 aromatic carbocycles. The molecule has 1 unspecified atom stereocenters. The van der Waals surface area contributed by atoms with E-state index in [4.69, 9.17) is 10.5 Å².